The van der Waals surface area contributed by atoms with Crippen LogP contribution in [0.25, 0.3) is 0 Å². The number of esters is 1. The van der Waals surface area contributed by atoms with E-state index in [0.29, 0.717) is 0 Å². The van der Waals surface area contributed by atoms with Gasteiger partial charge in [0.25, 0.3) is 5.69 Å². The van der Waals surface area contributed by atoms with Crippen molar-refractivity contribution in [1.82, 2.24) is 4.98 Å². The number of ether oxygens (including phenoxy) is 1. The number of nitrogens with zero attached hydrogens (tertiary/aromatic N) is 1. The predicted octanol–water partition coefficient (Wildman–Crippen LogP) is 1.72. The van der Waals surface area contributed by atoms with Crippen LogP contribution in [0.5, 0.6) is 0 Å². The van der Waals surface area contributed by atoms with Crippen LogP contribution in [0.3, 0.4) is 0 Å². The van der Waals surface area contributed by atoms with Crippen molar-refractivity contribution in [3.8, 4) is 0 Å². The maximum atomic E-state index is 12.2. The molecular formula is C14H14N2O5. The Morgan fingerprint density at radius 2 is 2.05 bits per heavy atom. The van der Waals surface area contributed by atoms with E-state index in [-0.39, 0.29) is 23.6 Å². The fraction of sp³-hybridized carbons (Fsp3) is 0.214. The molecule has 1 heterocycles. The number of hydrogen-bond acceptors (Lipinski definition) is 5. The molecule has 7 nitrogen and oxygen atoms in total. The van der Waals surface area contributed by atoms with Gasteiger partial charge < -0.3 is 14.8 Å². The summed E-state index contributed by atoms with van der Waals surface area (Å²) in [5.41, 5.74) is -1.74. The molecule has 0 unspecified atom stereocenters. The van der Waals surface area contributed by atoms with Gasteiger partial charge in [-0.15, -0.1) is 0 Å². The van der Waals surface area contributed by atoms with Crippen molar-refractivity contribution in [3.63, 3.8) is 0 Å². The van der Waals surface area contributed by atoms with Crippen molar-refractivity contribution in [1.29, 1.82) is 0 Å². The molecule has 0 bridgehead atoms. The van der Waals surface area contributed by atoms with Gasteiger partial charge in [-0.05, 0) is 31.2 Å². The Morgan fingerprint density at radius 3 is 2.52 bits per heavy atom. The van der Waals surface area contributed by atoms with Crippen LogP contribution in [0, 0.1) is 10.1 Å². The van der Waals surface area contributed by atoms with E-state index >= 15 is 0 Å². The van der Waals surface area contributed by atoms with Crippen LogP contribution < -0.4 is 0 Å². The fourth-order valence-electron chi connectivity index (χ4n) is 2.00. The van der Waals surface area contributed by atoms with Crippen LogP contribution in [-0.2, 0) is 15.1 Å². The molecule has 2 rings (SSSR count). The summed E-state index contributed by atoms with van der Waals surface area (Å²) in [7, 11) is 0. The molecule has 110 valence electrons. The molecule has 7 heteroatoms. The molecule has 0 amide bonds. The number of rotatable bonds is 5. The lowest BCUT2D eigenvalue weighted by Gasteiger charge is -2.25. The Hall–Kier alpha value is -2.67. The lowest BCUT2D eigenvalue weighted by atomic mass is 9.90. The molecule has 0 saturated heterocycles. The summed E-state index contributed by atoms with van der Waals surface area (Å²) in [5.74, 6) is -0.846. The average molecular weight is 290 g/mol. The number of H-pyrrole nitrogens is 1. The first-order valence-corrected chi connectivity index (χ1v) is 6.28. The van der Waals surface area contributed by atoms with Crippen molar-refractivity contribution in [2.45, 2.75) is 12.5 Å². The highest BCUT2D eigenvalue weighted by molar-refractivity contribution is 5.85. The molecule has 0 saturated carbocycles. The standard InChI is InChI=1S/C14H14N2O5/c1-2-21-13(17)14(18,12-4-3-9-15-12)10-5-7-11(8-6-10)16(19)20/h3-9,15,18H,2H2,1H3/t14-/m1/s1. The summed E-state index contributed by atoms with van der Waals surface area (Å²) < 4.78 is 4.92. The Morgan fingerprint density at radius 1 is 1.38 bits per heavy atom. The first-order valence-electron chi connectivity index (χ1n) is 6.28. The van der Waals surface area contributed by atoms with Gasteiger partial charge in [-0.2, -0.15) is 0 Å². The summed E-state index contributed by atoms with van der Waals surface area (Å²) in [6.07, 6.45) is 1.56. The number of benzene rings is 1. The second-order valence-electron chi connectivity index (χ2n) is 4.32. The number of aromatic nitrogens is 1. The molecule has 0 spiro atoms. The van der Waals surface area contributed by atoms with E-state index in [1.807, 2.05) is 0 Å². The van der Waals surface area contributed by atoms with Crippen LogP contribution in [0.1, 0.15) is 18.2 Å². The maximum absolute atomic E-state index is 12.2. The lowest BCUT2D eigenvalue weighted by molar-refractivity contribution is -0.384. The molecule has 0 aliphatic rings. The maximum Gasteiger partial charge on any atom is 0.349 e. The van der Waals surface area contributed by atoms with Crippen molar-refractivity contribution < 1.29 is 19.6 Å². The molecule has 2 N–H and O–H groups in total. The van der Waals surface area contributed by atoms with Gasteiger partial charge in [0, 0.05) is 23.9 Å². The highest BCUT2D eigenvalue weighted by Crippen LogP contribution is 2.31. The van der Waals surface area contributed by atoms with Crippen LogP contribution in [0.4, 0.5) is 5.69 Å². The van der Waals surface area contributed by atoms with E-state index in [4.69, 9.17) is 4.74 Å². The molecule has 1 aromatic heterocycles. The average Bonchev–Trinajstić information content (AvgIpc) is 3.01. The predicted molar refractivity (Wildman–Crippen MR) is 73.5 cm³/mol. The van der Waals surface area contributed by atoms with E-state index < -0.39 is 16.5 Å². The Kier molecular flexibility index (Phi) is 4.04. The van der Waals surface area contributed by atoms with Crippen LogP contribution >= 0.6 is 0 Å². The number of non-ortho nitro benzene ring substituents is 1. The zero-order valence-corrected chi connectivity index (χ0v) is 11.3. The van der Waals surface area contributed by atoms with Crippen LogP contribution in [0.15, 0.2) is 42.6 Å². The molecule has 2 aromatic rings. The molecular weight excluding hydrogens is 276 g/mol. The third-order valence-corrected chi connectivity index (χ3v) is 3.05. The summed E-state index contributed by atoms with van der Waals surface area (Å²) in [4.78, 5) is 25.0. The van der Waals surface area contributed by atoms with E-state index in [9.17, 15) is 20.0 Å². The van der Waals surface area contributed by atoms with Crippen LogP contribution in [0.2, 0.25) is 0 Å². The molecule has 0 fully saturated rings. The summed E-state index contributed by atoms with van der Waals surface area (Å²) in [6, 6.07) is 8.28. The smallest absolute Gasteiger partial charge is 0.349 e. The number of aromatic amines is 1. The van der Waals surface area contributed by atoms with Gasteiger partial charge in [-0.3, -0.25) is 10.1 Å². The van der Waals surface area contributed by atoms with E-state index in [2.05, 4.69) is 4.98 Å². The summed E-state index contributed by atoms with van der Waals surface area (Å²) in [6.45, 7) is 1.73. The normalized spacial score (nSPS) is 13.4. The molecule has 0 radical (unpaired) electrons. The molecule has 0 aliphatic heterocycles. The first-order chi connectivity index (χ1) is 10.00. The molecule has 1 aromatic carbocycles. The Balaban J connectivity index is 2.49. The zero-order chi connectivity index (χ0) is 15.5. The SMILES string of the molecule is CCOC(=O)[C@@](O)(c1ccc([N+](=O)[O-])cc1)c1ccc[nH]1. The monoisotopic (exact) mass is 290 g/mol. The van der Waals surface area contributed by atoms with E-state index in [0.717, 1.165) is 0 Å². The highest BCUT2D eigenvalue weighted by atomic mass is 16.6. The van der Waals surface area contributed by atoms with Gasteiger partial charge in [-0.25, -0.2) is 4.79 Å². The van der Waals surface area contributed by atoms with Crippen molar-refractivity contribution >= 4 is 11.7 Å². The highest BCUT2D eigenvalue weighted by Gasteiger charge is 2.42. The van der Waals surface area contributed by atoms with E-state index in [1.54, 1.807) is 25.3 Å². The van der Waals surface area contributed by atoms with Crippen molar-refractivity contribution in [2.75, 3.05) is 6.61 Å². The summed E-state index contributed by atoms with van der Waals surface area (Å²) >= 11 is 0. The largest absolute Gasteiger partial charge is 0.463 e. The molecule has 21 heavy (non-hydrogen) atoms. The third kappa shape index (κ3) is 2.63. The quantitative estimate of drug-likeness (QED) is 0.495. The zero-order valence-electron chi connectivity index (χ0n) is 11.3. The fourth-order valence-corrected chi connectivity index (χ4v) is 2.00. The van der Waals surface area contributed by atoms with Gasteiger partial charge in [0.2, 0.25) is 5.60 Å². The number of hydrogen-bond donors (Lipinski definition) is 2. The second kappa shape index (κ2) is 5.76. The Labute approximate surface area is 120 Å². The number of nitro benzene ring substituents is 1. The third-order valence-electron chi connectivity index (χ3n) is 3.05. The topological polar surface area (TPSA) is 105 Å². The first kappa shape index (κ1) is 14.7. The van der Waals surface area contributed by atoms with Gasteiger partial charge in [0.15, 0.2) is 0 Å². The van der Waals surface area contributed by atoms with E-state index in [1.165, 1.54) is 24.3 Å². The molecule has 0 aliphatic carbocycles. The minimum Gasteiger partial charge on any atom is -0.463 e. The van der Waals surface area contributed by atoms with Crippen molar-refractivity contribution in [2.24, 2.45) is 0 Å². The molecule has 1 atom stereocenters. The van der Waals surface area contributed by atoms with Gasteiger partial charge in [-0.1, -0.05) is 0 Å². The number of aliphatic hydroxyl groups is 1. The lowest BCUT2D eigenvalue weighted by Crippen LogP contribution is -2.39. The number of carbonyl (C=O) groups excluding carboxylic acids is 1. The van der Waals surface area contributed by atoms with Crippen LogP contribution in [-0.4, -0.2) is 27.6 Å². The minimum absolute atomic E-state index is 0.106. The minimum atomic E-state index is -2.03. The van der Waals surface area contributed by atoms with Gasteiger partial charge >= 0.3 is 5.97 Å². The van der Waals surface area contributed by atoms with Gasteiger partial charge in [0.1, 0.15) is 0 Å². The summed E-state index contributed by atoms with van der Waals surface area (Å²) in [5, 5.41) is 21.5. The number of carbonyl (C=O) groups is 1. The second-order valence-corrected chi connectivity index (χ2v) is 4.32. The van der Waals surface area contributed by atoms with Crippen molar-refractivity contribution in [3.05, 3.63) is 64.0 Å². The Bertz CT molecular complexity index is 636. The number of nitrogens with one attached hydrogen (secondary N) is 1. The number of nitro groups is 1. The van der Waals surface area contributed by atoms with Gasteiger partial charge in [0.05, 0.1) is 17.2 Å².